The lowest BCUT2D eigenvalue weighted by Crippen LogP contribution is -2.34. The molecule has 0 bridgehead atoms. The maximum atomic E-state index is 12.4. The molecule has 0 aliphatic heterocycles. The van der Waals surface area contributed by atoms with Gasteiger partial charge in [0, 0.05) is 12.1 Å². The molecule has 2 aromatic rings. The zero-order valence-corrected chi connectivity index (χ0v) is 15.8. The summed E-state index contributed by atoms with van der Waals surface area (Å²) in [7, 11) is 3.19. The van der Waals surface area contributed by atoms with E-state index in [4.69, 9.17) is 9.47 Å². The minimum Gasteiger partial charge on any atom is -0.497 e. The van der Waals surface area contributed by atoms with E-state index in [1.807, 2.05) is 12.1 Å². The van der Waals surface area contributed by atoms with Crippen molar-refractivity contribution in [1.29, 1.82) is 0 Å². The number of amides is 1. The third kappa shape index (κ3) is 5.09. The average molecular weight is 370 g/mol. The molecule has 1 fully saturated rings. The summed E-state index contributed by atoms with van der Waals surface area (Å²) >= 11 is 0. The summed E-state index contributed by atoms with van der Waals surface area (Å²) in [5.41, 5.74) is 1.06. The Balaban J connectivity index is 1.64. The lowest BCUT2D eigenvalue weighted by molar-refractivity contribution is 0.0928. The Labute approximate surface area is 159 Å². The number of aromatic nitrogens is 2. The van der Waals surface area contributed by atoms with Crippen LogP contribution in [0.3, 0.4) is 0 Å². The van der Waals surface area contributed by atoms with E-state index in [-0.39, 0.29) is 11.9 Å². The second-order valence-corrected chi connectivity index (χ2v) is 6.64. The summed E-state index contributed by atoms with van der Waals surface area (Å²) in [5, 5.41) is 6.22. The van der Waals surface area contributed by atoms with Crippen molar-refractivity contribution in [3.63, 3.8) is 0 Å². The van der Waals surface area contributed by atoms with Crippen molar-refractivity contribution in [2.75, 3.05) is 19.5 Å². The van der Waals surface area contributed by atoms with Crippen LogP contribution in [0.4, 0.5) is 11.5 Å². The smallest absolute Gasteiger partial charge is 0.271 e. The molecule has 7 nitrogen and oxygen atoms in total. The van der Waals surface area contributed by atoms with Gasteiger partial charge in [0.25, 0.3) is 5.91 Å². The Morgan fingerprint density at radius 3 is 2.44 bits per heavy atom. The van der Waals surface area contributed by atoms with Crippen molar-refractivity contribution in [1.82, 2.24) is 15.3 Å². The molecular formula is C20H26N4O3. The first-order chi connectivity index (χ1) is 13.2. The standard InChI is InChI=1S/C20H26N4O3/c1-26-15-9-10-16(18(11-15)27-2)24-19-13-21-17(12-22-19)20(25)23-14-7-5-3-4-6-8-14/h9-14H,3-8H2,1-2H3,(H,22,24)(H,23,25). The lowest BCUT2D eigenvalue weighted by atomic mass is 10.1. The zero-order valence-electron chi connectivity index (χ0n) is 15.8. The van der Waals surface area contributed by atoms with Crippen LogP contribution >= 0.6 is 0 Å². The minimum absolute atomic E-state index is 0.164. The normalized spacial score (nSPS) is 14.9. The molecule has 1 aromatic carbocycles. The molecular weight excluding hydrogens is 344 g/mol. The van der Waals surface area contributed by atoms with E-state index in [9.17, 15) is 4.79 Å². The van der Waals surface area contributed by atoms with Crippen molar-refractivity contribution >= 4 is 17.4 Å². The van der Waals surface area contributed by atoms with E-state index >= 15 is 0 Å². The number of nitrogens with zero attached hydrogens (tertiary/aromatic N) is 2. The van der Waals surface area contributed by atoms with Crippen molar-refractivity contribution < 1.29 is 14.3 Å². The van der Waals surface area contributed by atoms with E-state index in [0.717, 1.165) is 18.5 Å². The third-order valence-electron chi connectivity index (χ3n) is 4.75. The first-order valence-corrected chi connectivity index (χ1v) is 9.31. The van der Waals surface area contributed by atoms with Crippen molar-refractivity contribution in [3.05, 3.63) is 36.3 Å². The zero-order chi connectivity index (χ0) is 19.1. The number of anilines is 2. The van der Waals surface area contributed by atoms with E-state index in [1.54, 1.807) is 26.5 Å². The number of rotatable bonds is 6. The van der Waals surface area contributed by atoms with Gasteiger partial charge in [-0.1, -0.05) is 25.7 Å². The third-order valence-corrected chi connectivity index (χ3v) is 4.75. The Morgan fingerprint density at radius 2 is 1.81 bits per heavy atom. The fraction of sp³-hybridized carbons (Fsp3) is 0.450. The highest BCUT2D eigenvalue weighted by Gasteiger charge is 2.17. The van der Waals surface area contributed by atoms with Gasteiger partial charge >= 0.3 is 0 Å². The first kappa shape index (κ1) is 18.9. The van der Waals surface area contributed by atoms with E-state index in [0.29, 0.717) is 23.0 Å². The fourth-order valence-electron chi connectivity index (χ4n) is 3.23. The molecule has 0 spiro atoms. The summed E-state index contributed by atoms with van der Waals surface area (Å²) in [6.45, 7) is 0. The number of methoxy groups -OCH3 is 2. The minimum atomic E-state index is -0.164. The SMILES string of the molecule is COc1ccc(Nc2cnc(C(=O)NC3CCCCCC3)cn2)c(OC)c1. The highest BCUT2D eigenvalue weighted by molar-refractivity contribution is 5.92. The summed E-state index contributed by atoms with van der Waals surface area (Å²) in [6, 6.07) is 5.69. The summed E-state index contributed by atoms with van der Waals surface area (Å²) in [5.74, 6) is 1.70. The summed E-state index contributed by atoms with van der Waals surface area (Å²) < 4.78 is 10.6. The van der Waals surface area contributed by atoms with E-state index in [2.05, 4.69) is 20.6 Å². The molecule has 144 valence electrons. The van der Waals surface area contributed by atoms with Crippen LogP contribution in [0.25, 0.3) is 0 Å². The predicted molar refractivity (Wildman–Crippen MR) is 104 cm³/mol. The molecule has 0 saturated heterocycles. The molecule has 7 heteroatoms. The van der Waals surface area contributed by atoms with Gasteiger partial charge in [0.15, 0.2) is 0 Å². The molecule has 0 radical (unpaired) electrons. The van der Waals surface area contributed by atoms with Crippen LogP contribution in [0.15, 0.2) is 30.6 Å². The van der Waals surface area contributed by atoms with Crippen LogP contribution in [0.2, 0.25) is 0 Å². The van der Waals surface area contributed by atoms with Gasteiger partial charge in [0.1, 0.15) is 23.0 Å². The molecule has 1 aliphatic carbocycles. The van der Waals surface area contributed by atoms with Gasteiger partial charge < -0.3 is 20.1 Å². The Bertz CT molecular complexity index is 756. The van der Waals surface area contributed by atoms with Crippen LogP contribution in [0.1, 0.15) is 49.0 Å². The number of carbonyl (C=O) groups excluding carboxylic acids is 1. The van der Waals surface area contributed by atoms with Gasteiger partial charge in [-0.2, -0.15) is 0 Å². The van der Waals surface area contributed by atoms with Crippen LogP contribution in [-0.4, -0.2) is 36.1 Å². The lowest BCUT2D eigenvalue weighted by Gasteiger charge is -2.16. The molecule has 2 N–H and O–H groups in total. The van der Waals surface area contributed by atoms with Gasteiger partial charge in [-0.25, -0.2) is 9.97 Å². The Morgan fingerprint density at radius 1 is 1.04 bits per heavy atom. The highest BCUT2D eigenvalue weighted by atomic mass is 16.5. The quantitative estimate of drug-likeness (QED) is 0.755. The molecule has 27 heavy (non-hydrogen) atoms. The number of hydrogen-bond donors (Lipinski definition) is 2. The number of hydrogen-bond acceptors (Lipinski definition) is 6. The first-order valence-electron chi connectivity index (χ1n) is 9.31. The number of ether oxygens (including phenoxy) is 2. The Kier molecular flexibility index (Phi) is 6.46. The summed E-state index contributed by atoms with van der Waals surface area (Å²) in [4.78, 5) is 21.0. The molecule has 1 heterocycles. The number of benzene rings is 1. The van der Waals surface area contributed by atoms with E-state index < -0.39 is 0 Å². The molecule has 1 aliphatic rings. The molecule has 3 rings (SSSR count). The second kappa shape index (κ2) is 9.21. The van der Waals surface area contributed by atoms with Crippen LogP contribution in [0, 0.1) is 0 Å². The monoisotopic (exact) mass is 370 g/mol. The Hall–Kier alpha value is -2.83. The number of carbonyl (C=O) groups is 1. The van der Waals surface area contributed by atoms with Crippen molar-refractivity contribution in [2.45, 2.75) is 44.6 Å². The van der Waals surface area contributed by atoms with Crippen molar-refractivity contribution in [3.8, 4) is 11.5 Å². The van der Waals surface area contributed by atoms with Gasteiger partial charge in [-0.15, -0.1) is 0 Å². The molecule has 0 atom stereocenters. The maximum absolute atomic E-state index is 12.4. The second-order valence-electron chi connectivity index (χ2n) is 6.64. The molecule has 1 amide bonds. The average Bonchev–Trinajstić information content (AvgIpc) is 2.97. The molecule has 1 aromatic heterocycles. The van der Waals surface area contributed by atoms with Crippen LogP contribution in [0.5, 0.6) is 11.5 Å². The topological polar surface area (TPSA) is 85.4 Å². The molecule has 0 unspecified atom stereocenters. The summed E-state index contributed by atoms with van der Waals surface area (Å²) in [6.07, 6.45) is 9.96. The van der Waals surface area contributed by atoms with Gasteiger partial charge in [0.05, 0.1) is 32.3 Å². The van der Waals surface area contributed by atoms with Crippen molar-refractivity contribution in [2.24, 2.45) is 0 Å². The van der Waals surface area contributed by atoms with E-state index in [1.165, 1.54) is 31.9 Å². The van der Waals surface area contributed by atoms with Gasteiger partial charge in [0.2, 0.25) is 0 Å². The highest BCUT2D eigenvalue weighted by Crippen LogP contribution is 2.30. The van der Waals surface area contributed by atoms with Gasteiger partial charge in [-0.05, 0) is 25.0 Å². The molecule has 1 saturated carbocycles. The van der Waals surface area contributed by atoms with Crippen LogP contribution in [-0.2, 0) is 0 Å². The van der Waals surface area contributed by atoms with Gasteiger partial charge in [-0.3, -0.25) is 4.79 Å². The maximum Gasteiger partial charge on any atom is 0.271 e. The fourth-order valence-corrected chi connectivity index (χ4v) is 3.23. The van der Waals surface area contributed by atoms with Crippen LogP contribution < -0.4 is 20.1 Å². The largest absolute Gasteiger partial charge is 0.497 e. The predicted octanol–water partition coefficient (Wildman–Crippen LogP) is 3.69. The number of nitrogens with one attached hydrogen (secondary N) is 2.